The first-order chi connectivity index (χ1) is 13.7. The van der Waals surface area contributed by atoms with Crippen molar-refractivity contribution in [1.82, 2.24) is 5.32 Å². The lowest BCUT2D eigenvalue weighted by molar-refractivity contribution is -0.137. The van der Waals surface area contributed by atoms with Gasteiger partial charge in [0.1, 0.15) is 6.04 Å². The van der Waals surface area contributed by atoms with Crippen molar-refractivity contribution in [1.29, 1.82) is 0 Å². The van der Waals surface area contributed by atoms with E-state index in [2.05, 4.69) is 5.32 Å². The Morgan fingerprint density at radius 2 is 1.67 bits per heavy atom. The lowest BCUT2D eigenvalue weighted by Crippen LogP contribution is -2.54. The van der Waals surface area contributed by atoms with Gasteiger partial charge in [0.05, 0.1) is 17.5 Å². The van der Waals surface area contributed by atoms with Crippen LogP contribution in [0.3, 0.4) is 0 Å². The van der Waals surface area contributed by atoms with Crippen LogP contribution < -0.4 is 9.62 Å². The minimum atomic E-state index is -4.64. The summed E-state index contributed by atoms with van der Waals surface area (Å²) in [5, 5.41) is 2.80. The molecule has 0 aliphatic carbocycles. The summed E-state index contributed by atoms with van der Waals surface area (Å²) in [5.74, 6) is -0.612. The largest absolute Gasteiger partial charge is 0.416 e. The van der Waals surface area contributed by atoms with Crippen LogP contribution in [-0.2, 0) is 27.4 Å². The molecule has 0 aliphatic heterocycles. The number of halogens is 3. The summed E-state index contributed by atoms with van der Waals surface area (Å²) >= 11 is 0. The van der Waals surface area contributed by atoms with E-state index in [1.807, 2.05) is 30.3 Å². The number of carbonyl (C=O) groups excluding carboxylic acids is 1. The van der Waals surface area contributed by atoms with Gasteiger partial charge in [-0.15, -0.1) is 0 Å². The maximum Gasteiger partial charge on any atom is 0.416 e. The SMILES string of the molecule is C[C@@H](C(=O)NC(C)(C)Cc1ccccc1)N(c1cccc(C(F)(F)F)c1)S(C)(=O)=O. The topological polar surface area (TPSA) is 66.5 Å². The summed E-state index contributed by atoms with van der Waals surface area (Å²) in [6.07, 6.45) is -3.29. The highest BCUT2D eigenvalue weighted by Gasteiger charge is 2.35. The van der Waals surface area contributed by atoms with Crippen molar-refractivity contribution < 1.29 is 26.4 Å². The molecule has 2 aromatic carbocycles. The predicted octanol–water partition coefficient (Wildman–Crippen LogP) is 4.00. The molecule has 0 fully saturated rings. The molecule has 2 rings (SSSR count). The third-order valence-electron chi connectivity index (χ3n) is 4.47. The summed E-state index contributed by atoms with van der Waals surface area (Å²) in [6, 6.07) is 12.1. The molecule has 5 nitrogen and oxygen atoms in total. The molecule has 0 radical (unpaired) electrons. The molecule has 0 saturated carbocycles. The van der Waals surface area contributed by atoms with Crippen molar-refractivity contribution in [3.63, 3.8) is 0 Å². The van der Waals surface area contributed by atoms with Crippen molar-refractivity contribution in [2.75, 3.05) is 10.6 Å². The molecule has 0 saturated heterocycles. The molecule has 1 atom stereocenters. The van der Waals surface area contributed by atoms with Gasteiger partial charge in [-0.2, -0.15) is 13.2 Å². The number of sulfonamides is 1. The van der Waals surface area contributed by atoms with Crippen LogP contribution in [0.5, 0.6) is 0 Å². The van der Waals surface area contributed by atoms with E-state index in [1.54, 1.807) is 13.8 Å². The highest BCUT2D eigenvalue weighted by molar-refractivity contribution is 7.92. The van der Waals surface area contributed by atoms with Gasteiger partial charge in [0, 0.05) is 5.54 Å². The summed E-state index contributed by atoms with van der Waals surface area (Å²) in [4.78, 5) is 12.9. The molecule has 164 valence electrons. The fraction of sp³-hybridized carbons (Fsp3) is 0.381. The number of rotatable bonds is 7. The Bertz CT molecular complexity index is 990. The first kappa shape index (κ1) is 23.7. The van der Waals surface area contributed by atoms with E-state index in [0.29, 0.717) is 10.7 Å². The van der Waals surface area contributed by atoms with E-state index < -0.39 is 39.3 Å². The quantitative estimate of drug-likeness (QED) is 0.705. The highest BCUT2D eigenvalue weighted by atomic mass is 32.2. The second kappa shape index (κ2) is 8.67. The Balaban J connectivity index is 2.29. The van der Waals surface area contributed by atoms with Gasteiger partial charge in [-0.3, -0.25) is 9.10 Å². The first-order valence-corrected chi connectivity index (χ1v) is 11.1. The zero-order chi connectivity index (χ0) is 22.7. The molecular formula is C21H25F3N2O3S. The number of nitrogens with one attached hydrogen (secondary N) is 1. The minimum absolute atomic E-state index is 0.226. The van der Waals surface area contributed by atoms with Gasteiger partial charge >= 0.3 is 6.18 Å². The number of hydrogen-bond donors (Lipinski definition) is 1. The molecule has 2 aromatic rings. The van der Waals surface area contributed by atoms with Gasteiger partial charge in [-0.1, -0.05) is 36.4 Å². The standard InChI is InChI=1S/C21H25F3N2O3S/c1-15(19(27)25-20(2,3)14-16-9-6-5-7-10-16)26(30(4,28)29)18-12-8-11-17(13-18)21(22,23)24/h5-13,15H,14H2,1-4H3,(H,25,27)/t15-/m0/s1. The molecule has 1 amide bonds. The monoisotopic (exact) mass is 442 g/mol. The van der Waals surface area contributed by atoms with E-state index >= 15 is 0 Å². The predicted molar refractivity (Wildman–Crippen MR) is 111 cm³/mol. The van der Waals surface area contributed by atoms with E-state index in [9.17, 15) is 26.4 Å². The van der Waals surface area contributed by atoms with Crippen LogP contribution in [0.25, 0.3) is 0 Å². The highest BCUT2D eigenvalue weighted by Crippen LogP contribution is 2.33. The molecule has 0 unspecified atom stereocenters. The number of hydrogen-bond acceptors (Lipinski definition) is 3. The number of alkyl halides is 3. The number of nitrogens with zero attached hydrogens (tertiary/aromatic N) is 1. The first-order valence-electron chi connectivity index (χ1n) is 9.23. The van der Waals surface area contributed by atoms with Crippen LogP contribution in [0.2, 0.25) is 0 Å². The number of benzene rings is 2. The summed E-state index contributed by atoms with van der Waals surface area (Å²) < 4.78 is 64.6. The maximum atomic E-state index is 13.1. The van der Waals surface area contributed by atoms with Crippen LogP contribution in [0, 0.1) is 0 Å². The third kappa shape index (κ3) is 6.22. The van der Waals surface area contributed by atoms with Gasteiger partial charge in [-0.05, 0) is 51.0 Å². The van der Waals surface area contributed by atoms with E-state index in [1.165, 1.54) is 13.0 Å². The molecule has 0 bridgehead atoms. The van der Waals surface area contributed by atoms with Crippen molar-refractivity contribution >= 4 is 21.6 Å². The molecule has 1 N–H and O–H groups in total. The molecule has 0 spiro atoms. The van der Waals surface area contributed by atoms with E-state index in [0.717, 1.165) is 30.0 Å². The fourth-order valence-corrected chi connectivity index (χ4v) is 4.38. The second-order valence-electron chi connectivity index (χ2n) is 7.82. The van der Waals surface area contributed by atoms with Crippen molar-refractivity contribution in [2.24, 2.45) is 0 Å². The van der Waals surface area contributed by atoms with Crippen molar-refractivity contribution in [3.8, 4) is 0 Å². The van der Waals surface area contributed by atoms with Gasteiger partial charge in [0.25, 0.3) is 0 Å². The van der Waals surface area contributed by atoms with Crippen LogP contribution >= 0.6 is 0 Å². The normalized spacial score (nSPS) is 13.6. The summed E-state index contributed by atoms with van der Waals surface area (Å²) in [7, 11) is -4.03. The number of anilines is 1. The molecule has 0 aromatic heterocycles. The Morgan fingerprint density at radius 1 is 1.07 bits per heavy atom. The Kier molecular flexibility index (Phi) is 6.86. The van der Waals surface area contributed by atoms with E-state index in [-0.39, 0.29) is 5.69 Å². The number of amides is 1. The smallest absolute Gasteiger partial charge is 0.349 e. The van der Waals surface area contributed by atoms with Crippen molar-refractivity contribution in [3.05, 3.63) is 65.7 Å². The average Bonchev–Trinajstić information content (AvgIpc) is 2.60. The Labute approximate surface area is 175 Å². The van der Waals surface area contributed by atoms with Gasteiger partial charge in [0.2, 0.25) is 15.9 Å². The lowest BCUT2D eigenvalue weighted by Gasteiger charge is -2.33. The Morgan fingerprint density at radius 3 is 2.20 bits per heavy atom. The molecule has 30 heavy (non-hydrogen) atoms. The van der Waals surface area contributed by atoms with Crippen molar-refractivity contribution in [2.45, 2.75) is 44.9 Å². The van der Waals surface area contributed by atoms with Gasteiger partial charge in [0.15, 0.2) is 0 Å². The Hall–Kier alpha value is -2.55. The number of carbonyl (C=O) groups is 1. The summed E-state index contributed by atoms with van der Waals surface area (Å²) in [6.45, 7) is 4.93. The molecule has 9 heteroatoms. The summed E-state index contributed by atoms with van der Waals surface area (Å²) in [5.41, 5.74) is -0.946. The second-order valence-corrected chi connectivity index (χ2v) is 9.68. The maximum absolute atomic E-state index is 13.1. The zero-order valence-electron chi connectivity index (χ0n) is 17.2. The van der Waals surface area contributed by atoms with Gasteiger partial charge in [-0.25, -0.2) is 8.42 Å². The molecule has 0 aliphatic rings. The average molecular weight is 443 g/mol. The molecular weight excluding hydrogens is 417 g/mol. The minimum Gasteiger partial charge on any atom is -0.349 e. The van der Waals surface area contributed by atoms with E-state index in [4.69, 9.17) is 0 Å². The van der Waals surface area contributed by atoms with Crippen LogP contribution in [0.1, 0.15) is 31.9 Å². The zero-order valence-corrected chi connectivity index (χ0v) is 18.0. The fourth-order valence-electron chi connectivity index (χ4n) is 3.22. The van der Waals surface area contributed by atoms with Gasteiger partial charge < -0.3 is 5.32 Å². The van der Waals surface area contributed by atoms with Crippen LogP contribution in [0.4, 0.5) is 18.9 Å². The van der Waals surface area contributed by atoms with Crippen LogP contribution in [0.15, 0.2) is 54.6 Å². The lowest BCUT2D eigenvalue weighted by atomic mass is 9.94. The third-order valence-corrected chi connectivity index (χ3v) is 5.71. The molecule has 0 heterocycles. The van der Waals surface area contributed by atoms with Crippen LogP contribution in [-0.4, -0.2) is 32.2 Å².